The van der Waals surface area contributed by atoms with Crippen LogP contribution in [0.4, 0.5) is 5.95 Å². The molecular formula is C41H47Cl2N5O6S. The van der Waals surface area contributed by atoms with Gasteiger partial charge in [0.2, 0.25) is 11.7 Å². The summed E-state index contributed by atoms with van der Waals surface area (Å²) >= 11 is 12.8. The first-order chi connectivity index (χ1) is 26.5. The summed E-state index contributed by atoms with van der Waals surface area (Å²) in [6, 6.07) is 25.5. The number of fused-ring (bicyclic) bond motifs is 1. The second-order valence-electron chi connectivity index (χ2n) is 13.6. The number of carbonyl (C=O) groups is 1. The molecule has 55 heavy (non-hydrogen) atoms. The van der Waals surface area contributed by atoms with E-state index in [1.165, 1.54) is 21.3 Å². The lowest BCUT2D eigenvalue weighted by Crippen LogP contribution is -2.35. The Labute approximate surface area is 333 Å². The Balaban J connectivity index is 1.16. The highest BCUT2D eigenvalue weighted by Crippen LogP contribution is 2.39. The summed E-state index contributed by atoms with van der Waals surface area (Å²) in [4.78, 5) is 25.6. The van der Waals surface area contributed by atoms with Gasteiger partial charge in [-0.3, -0.25) is 4.79 Å². The van der Waals surface area contributed by atoms with Crippen molar-refractivity contribution in [2.75, 3.05) is 78.3 Å². The van der Waals surface area contributed by atoms with Crippen molar-refractivity contribution in [2.24, 2.45) is 0 Å². The molecule has 1 fully saturated rings. The molecule has 11 nitrogen and oxygen atoms in total. The smallest absolute Gasteiger partial charge is 0.253 e. The van der Waals surface area contributed by atoms with Crippen molar-refractivity contribution < 1.29 is 27.4 Å². The summed E-state index contributed by atoms with van der Waals surface area (Å²) in [6.45, 7) is 4.70. The van der Waals surface area contributed by atoms with Crippen LogP contribution in [0.5, 0.6) is 17.2 Å². The van der Waals surface area contributed by atoms with E-state index < -0.39 is 9.84 Å². The summed E-state index contributed by atoms with van der Waals surface area (Å²) in [6.07, 6.45) is 1.67. The Morgan fingerprint density at radius 1 is 0.836 bits per heavy atom. The van der Waals surface area contributed by atoms with Crippen molar-refractivity contribution in [2.45, 2.75) is 30.2 Å². The van der Waals surface area contributed by atoms with E-state index in [-0.39, 0.29) is 17.6 Å². The molecule has 0 radical (unpaired) electrons. The number of likely N-dealkylation sites (N-methyl/N-ethyl adjacent to an activating group) is 1. The Bertz CT molecular complexity index is 2190. The van der Waals surface area contributed by atoms with Crippen molar-refractivity contribution in [3.05, 3.63) is 106 Å². The third-order valence-corrected chi connectivity index (χ3v) is 12.6. The first kappa shape index (κ1) is 40.2. The molecule has 1 atom stereocenters. The van der Waals surface area contributed by atoms with E-state index in [9.17, 15) is 13.2 Å². The molecule has 6 rings (SSSR count). The average Bonchev–Trinajstić information content (AvgIpc) is 3.41. The van der Waals surface area contributed by atoms with E-state index in [1.807, 2.05) is 47.0 Å². The van der Waals surface area contributed by atoms with Gasteiger partial charge in [0.15, 0.2) is 21.3 Å². The van der Waals surface area contributed by atoms with E-state index in [2.05, 4.69) is 9.80 Å². The molecule has 0 aliphatic carbocycles. The maximum absolute atomic E-state index is 13.8. The number of aryl methyl sites for hydroxylation is 1. The van der Waals surface area contributed by atoms with Gasteiger partial charge in [-0.1, -0.05) is 59.6 Å². The second-order valence-corrected chi connectivity index (χ2v) is 16.5. The molecule has 1 amide bonds. The number of imidazole rings is 1. The minimum Gasteiger partial charge on any atom is -0.493 e. The van der Waals surface area contributed by atoms with Crippen molar-refractivity contribution in [1.29, 1.82) is 0 Å². The number of hydrogen-bond donors (Lipinski definition) is 0. The monoisotopic (exact) mass is 807 g/mol. The molecule has 1 aliphatic rings. The first-order valence-electron chi connectivity index (χ1n) is 18.2. The van der Waals surface area contributed by atoms with Gasteiger partial charge in [0.05, 0.1) is 53.1 Å². The van der Waals surface area contributed by atoms with E-state index in [4.69, 9.17) is 42.4 Å². The third-order valence-electron chi connectivity index (χ3n) is 10.2. The van der Waals surface area contributed by atoms with E-state index in [0.29, 0.717) is 50.8 Å². The van der Waals surface area contributed by atoms with Crippen LogP contribution >= 0.6 is 23.2 Å². The zero-order valence-corrected chi connectivity index (χ0v) is 33.9. The first-order valence-corrected chi connectivity index (χ1v) is 20.6. The predicted octanol–water partition coefficient (Wildman–Crippen LogP) is 7.30. The molecule has 292 valence electrons. The SMILES string of the molecule is COc1cc(C(=O)N(C)CC(CCN2CCCN(c3nc4ccccc4n3CCS(=O)(=O)c3ccccc3)CC2)c2ccc(Cl)c(Cl)c2)cc(OC)c1OC. The molecule has 0 bridgehead atoms. The quantitative estimate of drug-likeness (QED) is 0.108. The zero-order chi connectivity index (χ0) is 39.1. The fourth-order valence-electron chi connectivity index (χ4n) is 7.18. The number of aromatic nitrogens is 2. The number of sulfone groups is 1. The van der Waals surface area contributed by atoms with Crippen LogP contribution in [-0.4, -0.2) is 107 Å². The topological polar surface area (TPSA) is 106 Å². The fourth-order valence-corrected chi connectivity index (χ4v) is 8.72. The van der Waals surface area contributed by atoms with Crippen LogP contribution in [-0.2, 0) is 16.4 Å². The molecule has 5 aromatic rings. The number of methoxy groups -OCH3 is 3. The lowest BCUT2D eigenvalue weighted by molar-refractivity contribution is 0.0782. The van der Waals surface area contributed by atoms with Gasteiger partial charge >= 0.3 is 0 Å². The van der Waals surface area contributed by atoms with Gasteiger partial charge in [0.1, 0.15) is 0 Å². The summed E-state index contributed by atoms with van der Waals surface area (Å²) in [5.41, 5.74) is 3.16. The van der Waals surface area contributed by atoms with Gasteiger partial charge in [0.25, 0.3) is 5.91 Å². The lowest BCUT2D eigenvalue weighted by atomic mass is 9.94. The zero-order valence-electron chi connectivity index (χ0n) is 31.6. The Hall–Kier alpha value is -4.49. The number of hydrogen-bond acceptors (Lipinski definition) is 9. The molecule has 1 unspecified atom stereocenters. The van der Waals surface area contributed by atoms with Crippen molar-refractivity contribution in [1.82, 2.24) is 19.4 Å². The van der Waals surface area contributed by atoms with E-state index >= 15 is 0 Å². The number of benzene rings is 4. The van der Waals surface area contributed by atoms with Crippen LogP contribution in [0.2, 0.25) is 10.0 Å². The molecule has 0 N–H and O–H groups in total. The molecule has 0 spiro atoms. The molecule has 14 heteroatoms. The number of anilines is 1. The van der Waals surface area contributed by atoms with Gasteiger partial charge in [-0.05, 0) is 80.0 Å². The van der Waals surface area contributed by atoms with Crippen molar-refractivity contribution >= 4 is 55.9 Å². The summed E-state index contributed by atoms with van der Waals surface area (Å²) in [5.74, 6) is 1.76. The highest BCUT2D eigenvalue weighted by molar-refractivity contribution is 7.91. The largest absolute Gasteiger partial charge is 0.493 e. The average molecular weight is 809 g/mol. The van der Waals surface area contributed by atoms with Crippen LogP contribution in [0.25, 0.3) is 11.0 Å². The molecule has 2 heterocycles. The number of carbonyl (C=O) groups excluding carboxylic acids is 1. The highest BCUT2D eigenvalue weighted by Gasteiger charge is 2.26. The van der Waals surface area contributed by atoms with Crippen LogP contribution in [0.15, 0.2) is 89.8 Å². The van der Waals surface area contributed by atoms with Gasteiger partial charge < -0.3 is 33.5 Å². The normalized spacial score (nSPS) is 14.4. The van der Waals surface area contributed by atoms with Gasteiger partial charge in [-0.15, -0.1) is 0 Å². The number of rotatable bonds is 15. The Kier molecular flexibility index (Phi) is 13.1. The summed E-state index contributed by atoms with van der Waals surface area (Å²) in [5, 5.41) is 0.940. The molecule has 1 saturated heterocycles. The highest BCUT2D eigenvalue weighted by atomic mass is 35.5. The van der Waals surface area contributed by atoms with Gasteiger partial charge in [-0.2, -0.15) is 0 Å². The van der Waals surface area contributed by atoms with E-state index in [1.54, 1.807) is 54.4 Å². The minimum absolute atomic E-state index is 0.0308. The predicted molar refractivity (Wildman–Crippen MR) is 218 cm³/mol. The number of nitrogens with zero attached hydrogens (tertiary/aromatic N) is 5. The minimum atomic E-state index is -3.48. The Morgan fingerprint density at radius 3 is 2.24 bits per heavy atom. The van der Waals surface area contributed by atoms with Crippen LogP contribution in [0.1, 0.15) is 34.7 Å². The molecule has 0 saturated carbocycles. The van der Waals surface area contributed by atoms with Crippen molar-refractivity contribution in [3.8, 4) is 17.2 Å². The second kappa shape index (κ2) is 18.0. The number of ether oxygens (including phenoxy) is 3. The third kappa shape index (κ3) is 9.32. The molecule has 1 aromatic heterocycles. The van der Waals surface area contributed by atoms with E-state index in [0.717, 1.165) is 68.1 Å². The molecule has 1 aliphatic heterocycles. The number of halogens is 2. The Morgan fingerprint density at radius 2 is 1.55 bits per heavy atom. The van der Waals surface area contributed by atoms with Crippen LogP contribution in [0, 0.1) is 0 Å². The van der Waals surface area contributed by atoms with Gasteiger partial charge in [-0.25, -0.2) is 13.4 Å². The molecular weight excluding hydrogens is 761 g/mol. The number of amides is 1. The summed E-state index contributed by atoms with van der Waals surface area (Å²) in [7, 11) is 2.87. The molecule has 4 aromatic carbocycles. The fraction of sp³-hybridized carbons (Fsp3) is 0.366. The van der Waals surface area contributed by atoms with Crippen LogP contribution < -0.4 is 19.1 Å². The van der Waals surface area contributed by atoms with Gasteiger partial charge in [0, 0.05) is 51.3 Å². The summed E-state index contributed by atoms with van der Waals surface area (Å²) < 4.78 is 45.0. The maximum Gasteiger partial charge on any atom is 0.253 e. The van der Waals surface area contributed by atoms with Crippen LogP contribution in [0.3, 0.4) is 0 Å². The number of para-hydroxylation sites is 2. The maximum atomic E-state index is 13.8. The lowest BCUT2D eigenvalue weighted by Gasteiger charge is -2.28. The standard InChI is InChI=1S/C41H47Cl2N5O6S/c1-45(40(49)31-26-37(52-2)39(54-4)38(27-31)53-3)28-30(29-15-16-33(42)34(43)25-29)17-20-46-18-10-19-47(22-21-46)41-44-35-13-8-9-14-36(35)48(41)23-24-55(50,51)32-11-6-5-7-12-32/h5-9,11-16,25-27,30H,10,17-24,28H2,1-4H3. The van der Waals surface area contributed by atoms with Crippen molar-refractivity contribution in [3.63, 3.8) is 0 Å².